The van der Waals surface area contributed by atoms with Gasteiger partial charge in [0.15, 0.2) is 5.16 Å². The zero-order valence-corrected chi connectivity index (χ0v) is 14.5. The lowest BCUT2D eigenvalue weighted by molar-refractivity contribution is -0.144. The predicted molar refractivity (Wildman–Crippen MR) is 90.6 cm³/mol. The van der Waals surface area contributed by atoms with Gasteiger partial charge in [0.1, 0.15) is 12.1 Å². The van der Waals surface area contributed by atoms with E-state index in [0.717, 1.165) is 0 Å². The Balaban J connectivity index is 0.000000272. The molecule has 1 unspecified atom stereocenters. The number of carbonyl (C=O) groups excluding carboxylic acids is 2. The zero-order chi connectivity index (χ0) is 17.9. The molecule has 2 aromatic rings. The summed E-state index contributed by atoms with van der Waals surface area (Å²) in [4.78, 5) is 29.7. The molecule has 0 aliphatic carbocycles. The maximum Gasteiger partial charge on any atom is 0.314 e. The normalized spacial score (nSPS) is 11.0. The van der Waals surface area contributed by atoms with Gasteiger partial charge in [-0.15, -0.1) is 0 Å². The van der Waals surface area contributed by atoms with E-state index in [-0.39, 0.29) is 17.7 Å². The zero-order valence-electron chi connectivity index (χ0n) is 13.7. The summed E-state index contributed by atoms with van der Waals surface area (Å²) in [5.41, 5.74) is 1.20. The van der Waals surface area contributed by atoms with Crippen molar-refractivity contribution in [1.82, 2.24) is 9.97 Å². The Kier molecular flexibility index (Phi) is 8.64. The van der Waals surface area contributed by atoms with Gasteiger partial charge in [0.25, 0.3) is 0 Å². The van der Waals surface area contributed by atoms with Crippen LogP contribution in [0.25, 0.3) is 0 Å². The maximum atomic E-state index is 12.1. The molecule has 0 aliphatic heterocycles. The molecule has 0 fully saturated rings. The lowest BCUT2D eigenvalue weighted by Gasteiger charge is -2.09. The van der Waals surface area contributed by atoms with Crippen molar-refractivity contribution in [3.05, 3.63) is 53.6 Å². The van der Waals surface area contributed by atoms with Crippen LogP contribution in [-0.2, 0) is 9.53 Å². The highest BCUT2D eigenvalue weighted by Gasteiger charge is 2.18. The van der Waals surface area contributed by atoms with Gasteiger partial charge < -0.3 is 4.74 Å². The van der Waals surface area contributed by atoms with Gasteiger partial charge in [-0.25, -0.2) is 14.4 Å². The van der Waals surface area contributed by atoms with Gasteiger partial charge in [0, 0.05) is 11.8 Å². The van der Waals surface area contributed by atoms with Crippen molar-refractivity contribution in [2.24, 2.45) is 0 Å². The van der Waals surface area contributed by atoms with Gasteiger partial charge >= 0.3 is 5.97 Å². The van der Waals surface area contributed by atoms with Gasteiger partial charge in [-0.1, -0.05) is 11.8 Å². The van der Waals surface area contributed by atoms with Crippen molar-refractivity contribution in [1.29, 1.82) is 0 Å². The third-order valence-electron chi connectivity index (χ3n) is 2.93. The minimum Gasteiger partial charge on any atom is -0.465 e. The summed E-state index contributed by atoms with van der Waals surface area (Å²) < 4.78 is 17.0. The fourth-order valence-corrected chi connectivity index (χ4v) is 1.99. The molecular weight excluding hydrogens is 331 g/mol. The van der Waals surface area contributed by atoms with Crippen LogP contribution in [0.5, 0.6) is 0 Å². The number of halogens is 1. The smallest absolute Gasteiger partial charge is 0.314 e. The second-order valence-electron chi connectivity index (χ2n) is 4.61. The Morgan fingerprint density at radius 1 is 1.33 bits per heavy atom. The lowest BCUT2D eigenvalue weighted by Crippen LogP contribution is -2.14. The highest BCUT2D eigenvalue weighted by molar-refractivity contribution is 7.98. The molecule has 2 rings (SSSR count). The fraction of sp³-hybridized carbons (Fsp3) is 0.294. The van der Waals surface area contributed by atoms with Crippen LogP contribution in [0.15, 0.2) is 41.7 Å². The first kappa shape index (κ1) is 19.8. The lowest BCUT2D eigenvalue weighted by atomic mass is 10.1. The second kappa shape index (κ2) is 10.5. The first-order valence-corrected chi connectivity index (χ1v) is 8.48. The Morgan fingerprint density at radius 2 is 2.00 bits per heavy atom. The second-order valence-corrected chi connectivity index (χ2v) is 5.38. The summed E-state index contributed by atoms with van der Waals surface area (Å²) in [5, 5.41) is 0.670. The van der Waals surface area contributed by atoms with E-state index in [1.165, 1.54) is 36.0 Å². The van der Waals surface area contributed by atoms with Gasteiger partial charge in [0.2, 0.25) is 0 Å². The third kappa shape index (κ3) is 6.45. The minimum atomic E-state index is -0.334. The molecule has 0 saturated carbocycles. The molecule has 0 N–H and O–H groups in total. The van der Waals surface area contributed by atoms with E-state index < -0.39 is 0 Å². The van der Waals surface area contributed by atoms with Crippen molar-refractivity contribution >= 4 is 24.0 Å². The number of esters is 1. The Labute approximate surface area is 144 Å². The van der Waals surface area contributed by atoms with Crippen LogP contribution in [0.3, 0.4) is 0 Å². The molecule has 0 amide bonds. The molecule has 128 valence electrons. The number of hydrogen-bond donors (Lipinski definition) is 0. The van der Waals surface area contributed by atoms with Crippen molar-refractivity contribution in [2.45, 2.75) is 24.9 Å². The van der Waals surface area contributed by atoms with E-state index in [9.17, 15) is 14.0 Å². The predicted octanol–water partition coefficient (Wildman–Crippen LogP) is 3.50. The summed E-state index contributed by atoms with van der Waals surface area (Å²) in [6, 6.07) is 7.11. The van der Waals surface area contributed by atoms with E-state index in [0.29, 0.717) is 29.3 Å². The number of aldehydes is 1. The summed E-state index contributed by atoms with van der Waals surface area (Å²) in [6.45, 7) is 3.96. The molecule has 5 nitrogen and oxygen atoms in total. The van der Waals surface area contributed by atoms with E-state index in [4.69, 9.17) is 4.74 Å². The van der Waals surface area contributed by atoms with Gasteiger partial charge in [-0.2, -0.15) is 0 Å². The summed E-state index contributed by atoms with van der Waals surface area (Å²) in [6.07, 6.45) is 4.23. The van der Waals surface area contributed by atoms with Crippen LogP contribution in [0, 0.1) is 5.82 Å². The first-order valence-electron chi connectivity index (χ1n) is 7.26. The molecular formula is C17H19FN2O3S. The van der Waals surface area contributed by atoms with E-state index in [1.54, 1.807) is 26.1 Å². The van der Waals surface area contributed by atoms with Gasteiger partial charge in [-0.3, -0.25) is 9.59 Å². The summed E-state index contributed by atoms with van der Waals surface area (Å²) in [7, 11) is 0. The Bertz CT molecular complexity index is 665. The van der Waals surface area contributed by atoms with Crippen molar-refractivity contribution < 1.29 is 18.7 Å². The van der Waals surface area contributed by atoms with Crippen LogP contribution >= 0.6 is 11.8 Å². The molecule has 0 saturated heterocycles. The van der Waals surface area contributed by atoms with E-state index >= 15 is 0 Å². The number of carbonyl (C=O) groups is 2. The molecule has 7 heteroatoms. The van der Waals surface area contributed by atoms with Gasteiger partial charge in [0.05, 0.1) is 18.2 Å². The van der Waals surface area contributed by atoms with Crippen molar-refractivity contribution in [2.75, 3.05) is 12.9 Å². The third-order valence-corrected chi connectivity index (χ3v) is 3.49. The Hall–Kier alpha value is -2.28. The highest BCUT2D eigenvalue weighted by atomic mass is 32.2. The van der Waals surface area contributed by atoms with Gasteiger partial charge in [-0.05, 0) is 50.4 Å². The Morgan fingerprint density at radius 3 is 2.54 bits per heavy atom. The molecule has 1 aromatic heterocycles. The van der Waals surface area contributed by atoms with Crippen molar-refractivity contribution in [3.8, 4) is 0 Å². The standard InChI is InChI=1S/C10H14N2O2S.C7H5FO/c1-4-14-9(13)7(2)8-5-6-11-10(12-8)15-3;8-7-3-1-6(5-9)2-4-7/h5-7H,4H2,1-3H3;1-5H. The van der Waals surface area contributed by atoms with E-state index in [1.807, 2.05) is 6.26 Å². The molecule has 1 aromatic carbocycles. The molecule has 0 radical (unpaired) electrons. The summed E-state index contributed by atoms with van der Waals surface area (Å²) >= 11 is 1.45. The molecule has 1 atom stereocenters. The average Bonchev–Trinajstić information content (AvgIpc) is 2.62. The number of hydrogen-bond acceptors (Lipinski definition) is 6. The molecule has 0 bridgehead atoms. The number of ether oxygens (including phenoxy) is 1. The number of benzene rings is 1. The first-order chi connectivity index (χ1) is 11.5. The van der Waals surface area contributed by atoms with Crippen LogP contribution in [-0.4, -0.2) is 35.1 Å². The minimum absolute atomic E-state index is 0.247. The monoisotopic (exact) mass is 350 g/mol. The quantitative estimate of drug-likeness (QED) is 0.356. The van der Waals surface area contributed by atoms with Crippen LogP contribution in [0.2, 0.25) is 0 Å². The van der Waals surface area contributed by atoms with Crippen molar-refractivity contribution in [3.63, 3.8) is 0 Å². The summed E-state index contributed by atoms with van der Waals surface area (Å²) in [5.74, 6) is -0.900. The average molecular weight is 350 g/mol. The number of rotatable bonds is 5. The molecule has 0 aliphatic rings. The maximum absolute atomic E-state index is 12.1. The molecule has 24 heavy (non-hydrogen) atoms. The fourth-order valence-electron chi connectivity index (χ4n) is 1.62. The number of nitrogens with zero attached hydrogens (tertiary/aromatic N) is 2. The van der Waals surface area contributed by atoms with Crippen LogP contribution < -0.4 is 0 Å². The molecule has 1 heterocycles. The SMILES string of the molecule is CCOC(=O)C(C)c1ccnc(SC)n1.O=Cc1ccc(F)cc1. The highest BCUT2D eigenvalue weighted by Crippen LogP contribution is 2.16. The van der Waals surface area contributed by atoms with Crippen LogP contribution in [0.4, 0.5) is 4.39 Å². The largest absolute Gasteiger partial charge is 0.465 e. The van der Waals surface area contributed by atoms with Crippen LogP contribution in [0.1, 0.15) is 35.8 Å². The van der Waals surface area contributed by atoms with E-state index in [2.05, 4.69) is 9.97 Å². The number of aromatic nitrogens is 2. The topological polar surface area (TPSA) is 69.2 Å². The number of thioether (sulfide) groups is 1. The molecule has 0 spiro atoms.